The lowest BCUT2D eigenvalue weighted by atomic mass is 10.1. The molecule has 1 amide bonds. The molecule has 0 unspecified atom stereocenters. The zero-order valence-electron chi connectivity index (χ0n) is 15.5. The van der Waals surface area contributed by atoms with Crippen molar-refractivity contribution < 1.29 is 9.53 Å². The second-order valence-corrected chi connectivity index (χ2v) is 6.88. The maximum Gasteiger partial charge on any atom is 0.256 e. The topological polar surface area (TPSA) is 78.3 Å². The number of pyridine rings is 1. The Morgan fingerprint density at radius 2 is 2.26 bits per heavy atom. The van der Waals surface area contributed by atoms with Gasteiger partial charge in [0.25, 0.3) is 5.91 Å². The molecule has 1 aliphatic heterocycles. The fraction of sp³-hybridized carbons (Fsp3) is 0.381. The molecule has 2 aromatic rings. The lowest BCUT2D eigenvalue weighted by molar-refractivity contribution is -0.00259. The zero-order valence-corrected chi connectivity index (χ0v) is 15.5. The summed E-state index contributed by atoms with van der Waals surface area (Å²) < 4.78 is 5.80. The molecule has 1 aromatic heterocycles. The predicted octanol–water partition coefficient (Wildman–Crippen LogP) is 3.21. The number of aromatic nitrogens is 1. The Kier molecular flexibility index (Phi) is 6.53. The van der Waals surface area contributed by atoms with E-state index in [0.29, 0.717) is 23.0 Å². The van der Waals surface area contributed by atoms with Crippen LogP contribution in [0.4, 0.5) is 5.82 Å². The van der Waals surface area contributed by atoms with Gasteiger partial charge in [0.05, 0.1) is 11.7 Å². The number of nitrogens with zero attached hydrogens (tertiary/aromatic N) is 3. The number of likely N-dealkylation sites (N-methyl/N-ethyl adjacent to an activating group) is 1. The number of anilines is 1. The van der Waals surface area contributed by atoms with Crippen LogP contribution in [0.1, 0.15) is 40.7 Å². The molecule has 0 radical (unpaired) electrons. The minimum absolute atomic E-state index is 0.215. The summed E-state index contributed by atoms with van der Waals surface area (Å²) in [7, 11) is 2.07. The number of ether oxygens (including phenoxy) is 1. The summed E-state index contributed by atoms with van der Waals surface area (Å²) in [5.74, 6) is 0.211. The van der Waals surface area contributed by atoms with Gasteiger partial charge in [-0.15, -0.1) is 0 Å². The number of benzene rings is 1. The van der Waals surface area contributed by atoms with Gasteiger partial charge in [-0.2, -0.15) is 5.26 Å². The SMILES string of the molecule is CN(Cc1cccc(C(=O)Nc2ccc(C#N)cn2)c1)C[C@@H]1CCCCO1. The van der Waals surface area contributed by atoms with E-state index in [-0.39, 0.29) is 5.91 Å². The maximum atomic E-state index is 12.5. The van der Waals surface area contributed by atoms with E-state index in [1.54, 1.807) is 18.2 Å². The first kappa shape index (κ1) is 19.0. The highest BCUT2D eigenvalue weighted by Gasteiger charge is 2.16. The average Bonchev–Trinajstić information content (AvgIpc) is 2.69. The first-order valence-corrected chi connectivity index (χ1v) is 9.20. The van der Waals surface area contributed by atoms with E-state index in [4.69, 9.17) is 10.00 Å². The van der Waals surface area contributed by atoms with Crippen molar-refractivity contribution in [2.24, 2.45) is 0 Å². The van der Waals surface area contributed by atoms with Crippen LogP contribution in [0.5, 0.6) is 0 Å². The highest BCUT2D eigenvalue weighted by Crippen LogP contribution is 2.15. The van der Waals surface area contributed by atoms with Gasteiger partial charge in [0.1, 0.15) is 11.9 Å². The summed E-state index contributed by atoms with van der Waals surface area (Å²) in [6, 6.07) is 12.9. The number of nitrogens with one attached hydrogen (secondary N) is 1. The van der Waals surface area contributed by atoms with Crippen LogP contribution in [-0.4, -0.2) is 42.1 Å². The van der Waals surface area contributed by atoms with Gasteiger partial charge in [0.15, 0.2) is 0 Å². The number of carbonyl (C=O) groups is 1. The van der Waals surface area contributed by atoms with Crippen LogP contribution in [0.15, 0.2) is 42.6 Å². The quantitative estimate of drug-likeness (QED) is 0.851. The van der Waals surface area contributed by atoms with Gasteiger partial charge in [-0.1, -0.05) is 12.1 Å². The van der Waals surface area contributed by atoms with E-state index in [0.717, 1.165) is 38.1 Å². The largest absolute Gasteiger partial charge is 0.377 e. The second-order valence-electron chi connectivity index (χ2n) is 6.88. The standard InChI is InChI=1S/C21H24N4O2/c1-25(15-19-7-2-3-10-27-19)14-16-5-4-6-18(11-16)21(26)24-20-9-8-17(12-22)13-23-20/h4-6,8-9,11,13,19H,2-3,7,10,14-15H2,1H3,(H,23,24,26)/t19-/m0/s1. The molecule has 0 saturated carbocycles. The molecular weight excluding hydrogens is 340 g/mol. The molecule has 1 saturated heterocycles. The van der Waals surface area contributed by atoms with Crippen LogP contribution in [0.2, 0.25) is 0 Å². The first-order chi connectivity index (χ1) is 13.1. The summed E-state index contributed by atoms with van der Waals surface area (Å²) >= 11 is 0. The molecule has 1 atom stereocenters. The Labute approximate surface area is 159 Å². The van der Waals surface area contributed by atoms with Crippen molar-refractivity contribution in [3.05, 3.63) is 59.3 Å². The average molecular weight is 364 g/mol. The molecule has 0 spiro atoms. The Morgan fingerprint density at radius 3 is 2.96 bits per heavy atom. The molecule has 0 bridgehead atoms. The molecule has 1 aliphatic rings. The lowest BCUT2D eigenvalue weighted by Gasteiger charge is -2.27. The fourth-order valence-corrected chi connectivity index (χ4v) is 3.21. The third-order valence-electron chi connectivity index (χ3n) is 4.57. The fourth-order valence-electron chi connectivity index (χ4n) is 3.21. The highest BCUT2D eigenvalue weighted by atomic mass is 16.5. The van der Waals surface area contributed by atoms with Crippen LogP contribution in [0, 0.1) is 11.3 Å². The summed E-state index contributed by atoms with van der Waals surface area (Å²) in [5.41, 5.74) is 2.12. The van der Waals surface area contributed by atoms with E-state index in [1.807, 2.05) is 24.3 Å². The summed E-state index contributed by atoms with van der Waals surface area (Å²) in [6.45, 7) is 2.51. The molecule has 6 heteroatoms. The van der Waals surface area contributed by atoms with Crippen molar-refractivity contribution in [1.82, 2.24) is 9.88 Å². The van der Waals surface area contributed by atoms with Crippen molar-refractivity contribution in [3.63, 3.8) is 0 Å². The van der Waals surface area contributed by atoms with Crippen molar-refractivity contribution in [2.75, 3.05) is 25.5 Å². The van der Waals surface area contributed by atoms with E-state index in [2.05, 4.69) is 22.2 Å². The number of amides is 1. The van der Waals surface area contributed by atoms with E-state index < -0.39 is 0 Å². The summed E-state index contributed by atoms with van der Waals surface area (Å²) in [5, 5.41) is 11.6. The molecule has 1 fully saturated rings. The second kappa shape index (κ2) is 9.26. The summed E-state index contributed by atoms with van der Waals surface area (Å²) in [4.78, 5) is 18.8. The van der Waals surface area contributed by atoms with Crippen LogP contribution in [-0.2, 0) is 11.3 Å². The van der Waals surface area contributed by atoms with Crippen molar-refractivity contribution >= 4 is 11.7 Å². The minimum atomic E-state index is -0.215. The van der Waals surface area contributed by atoms with Gasteiger partial charge in [0.2, 0.25) is 0 Å². The van der Waals surface area contributed by atoms with Crippen molar-refractivity contribution in [1.29, 1.82) is 5.26 Å². The van der Waals surface area contributed by atoms with Crippen LogP contribution in [0.25, 0.3) is 0 Å². The van der Waals surface area contributed by atoms with Crippen LogP contribution < -0.4 is 5.32 Å². The molecule has 6 nitrogen and oxygen atoms in total. The third kappa shape index (κ3) is 5.61. The molecule has 0 aliphatic carbocycles. The number of nitriles is 1. The Balaban J connectivity index is 1.58. The van der Waals surface area contributed by atoms with Gasteiger partial charge < -0.3 is 10.1 Å². The Bertz CT molecular complexity index is 808. The van der Waals surface area contributed by atoms with Gasteiger partial charge >= 0.3 is 0 Å². The molecule has 1 N–H and O–H groups in total. The highest BCUT2D eigenvalue weighted by molar-refractivity contribution is 6.03. The normalized spacial score (nSPS) is 16.7. The van der Waals surface area contributed by atoms with Gasteiger partial charge in [-0.25, -0.2) is 4.98 Å². The molecule has 3 rings (SSSR count). The first-order valence-electron chi connectivity index (χ1n) is 9.20. The number of rotatable bonds is 6. The molecule has 2 heterocycles. The zero-order chi connectivity index (χ0) is 19.1. The maximum absolute atomic E-state index is 12.5. The van der Waals surface area contributed by atoms with Crippen molar-refractivity contribution in [2.45, 2.75) is 31.9 Å². The Hall–Kier alpha value is -2.75. The minimum Gasteiger partial charge on any atom is -0.377 e. The Morgan fingerprint density at radius 1 is 1.37 bits per heavy atom. The van der Waals surface area contributed by atoms with Crippen molar-refractivity contribution in [3.8, 4) is 6.07 Å². The smallest absolute Gasteiger partial charge is 0.256 e. The monoisotopic (exact) mass is 364 g/mol. The van der Waals surface area contributed by atoms with Gasteiger partial charge in [-0.05, 0) is 56.1 Å². The molecule has 27 heavy (non-hydrogen) atoms. The van der Waals surface area contributed by atoms with Gasteiger partial charge in [0, 0.05) is 31.5 Å². The molecule has 1 aromatic carbocycles. The van der Waals surface area contributed by atoms with Crippen LogP contribution in [0.3, 0.4) is 0 Å². The number of hydrogen-bond donors (Lipinski definition) is 1. The lowest BCUT2D eigenvalue weighted by Crippen LogP contribution is -2.33. The van der Waals surface area contributed by atoms with E-state index in [9.17, 15) is 4.79 Å². The van der Waals surface area contributed by atoms with E-state index >= 15 is 0 Å². The van der Waals surface area contributed by atoms with E-state index in [1.165, 1.54) is 12.6 Å². The molecular formula is C21H24N4O2. The number of carbonyl (C=O) groups excluding carboxylic acids is 1. The number of hydrogen-bond acceptors (Lipinski definition) is 5. The summed E-state index contributed by atoms with van der Waals surface area (Å²) in [6.07, 6.45) is 5.25. The van der Waals surface area contributed by atoms with Gasteiger partial charge in [-0.3, -0.25) is 9.69 Å². The molecule has 140 valence electrons. The predicted molar refractivity (Wildman–Crippen MR) is 103 cm³/mol. The van der Waals surface area contributed by atoms with Crippen LogP contribution >= 0.6 is 0 Å². The third-order valence-corrected chi connectivity index (χ3v) is 4.57.